The third-order valence-corrected chi connectivity index (χ3v) is 5.82. The quantitative estimate of drug-likeness (QED) is 0.328. The Labute approximate surface area is 196 Å². The van der Waals surface area contributed by atoms with Crippen LogP contribution in [0.4, 0.5) is 0 Å². The molecule has 1 aromatic rings. The number of hydrogen-bond acceptors (Lipinski definition) is 5. The molecule has 2 heterocycles. The van der Waals surface area contributed by atoms with Crippen LogP contribution in [-0.2, 0) is 29.1 Å². The Balaban J connectivity index is 0.00000320. The molecule has 0 radical (unpaired) electrons. The van der Waals surface area contributed by atoms with E-state index >= 15 is 0 Å². The molecule has 0 spiro atoms. The van der Waals surface area contributed by atoms with Gasteiger partial charge >= 0.3 is 0 Å². The Bertz CT molecular complexity index is 722. The first-order chi connectivity index (χ1) is 14.0. The number of aromatic nitrogens is 3. The van der Waals surface area contributed by atoms with Gasteiger partial charge in [-0.2, -0.15) is 5.10 Å². The Morgan fingerprint density at radius 1 is 1.27 bits per heavy atom. The monoisotopic (exact) mass is 533 g/mol. The number of ether oxygens (including phenoxy) is 1. The molecule has 3 unspecified atom stereocenters. The van der Waals surface area contributed by atoms with E-state index in [4.69, 9.17) is 4.74 Å². The van der Waals surface area contributed by atoms with E-state index in [1.807, 2.05) is 4.68 Å². The minimum Gasteiger partial charge on any atom is -0.377 e. The lowest BCUT2D eigenvalue weighted by atomic mass is 9.86. The van der Waals surface area contributed by atoms with Crippen LogP contribution in [0.5, 0.6) is 0 Å². The second-order valence-electron chi connectivity index (χ2n) is 8.40. The van der Waals surface area contributed by atoms with Gasteiger partial charge in [-0.1, -0.05) is 19.8 Å². The Hall–Kier alpha value is -1.43. The van der Waals surface area contributed by atoms with Crippen molar-refractivity contribution in [1.82, 2.24) is 30.3 Å². The highest BCUT2D eigenvalue weighted by Gasteiger charge is 2.26. The van der Waals surface area contributed by atoms with Crippen LogP contribution in [0.1, 0.15) is 50.7 Å². The van der Waals surface area contributed by atoms with E-state index < -0.39 is 0 Å². The molecule has 1 amide bonds. The number of methoxy groups -OCH3 is 1. The largest absolute Gasteiger partial charge is 0.377 e. The molecule has 0 bridgehead atoms. The molecule has 1 fully saturated rings. The van der Waals surface area contributed by atoms with Crippen LogP contribution in [0, 0.1) is 5.92 Å². The number of nitrogens with one attached hydrogen (secondary N) is 2. The molecule has 0 aromatic carbocycles. The maximum absolute atomic E-state index is 12.1. The fourth-order valence-corrected chi connectivity index (χ4v) is 3.99. The number of hydrogen-bond donors (Lipinski definition) is 2. The van der Waals surface area contributed by atoms with Gasteiger partial charge in [0.15, 0.2) is 11.8 Å². The lowest BCUT2D eigenvalue weighted by Gasteiger charge is -2.33. The molecule has 1 aliphatic carbocycles. The van der Waals surface area contributed by atoms with E-state index in [2.05, 4.69) is 32.6 Å². The summed E-state index contributed by atoms with van der Waals surface area (Å²) in [5.74, 6) is 3.05. The number of aryl methyl sites for hydroxylation is 1. The van der Waals surface area contributed by atoms with Gasteiger partial charge in [-0.3, -0.25) is 4.79 Å². The van der Waals surface area contributed by atoms with Gasteiger partial charge in [0.1, 0.15) is 19.0 Å². The number of likely N-dealkylation sites (N-methyl/N-ethyl adjacent to an activating group) is 1. The lowest BCUT2D eigenvalue weighted by Crippen LogP contribution is -2.52. The first kappa shape index (κ1) is 24.8. The summed E-state index contributed by atoms with van der Waals surface area (Å²) < 4.78 is 7.11. The van der Waals surface area contributed by atoms with Crippen LogP contribution in [0.25, 0.3) is 0 Å². The fraction of sp³-hybridized carbons (Fsp3) is 0.800. The second-order valence-corrected chi connectivity index (χ2v) is 8.40. The molecule has 1 aliphatic heterocycles. The predicted octanol–water partition coefficient (Wildman–Crippen LogP) is 1.56. The molecule has 3 rings (SSSR count). The number of carbonyl (C=O) groups excluding carboxylic acids is 1. The zero-order valence-electron chi connectivity index (χ0n) is 18.6. The van der Waals surface area contributed by atoms with E-state index in [1.54, 1.807) is 26.1 Å². The average molecular weight is 533 g/mol. The zero-order valence-corrected chi connectivity index (χ0v) is 20.9. The van der Waals surface area contributed by atoms with Crippen molar-refractivity contribution in [2.75, 3.05) is 27.7 Å². The van der Waals surface area contributed by atoms with E-state index in [9.17, 15) is 4.79 Å². The summed E-state index contributed by atoms with van der Waals surface area (Å²) in [7, 11) is 5.17. The molecule has 3 atom stereocenters. The summed E-state index contributed by atoms with van der Waals surface area (Å²) >= 11 is 0. The number of halogens is 1. The third-order valence-electron chi connectivity index (χ3n) is 5.82. The van der Waals surface area contributed by atoms with Gasteiger partial charge in [0.05, 0.1) is 6.54 Å². The average Bonchev–Trinajstić information content (AvgIpc) is 3.09. The molecule has 30 heavy (non-hydrogen) atoms. The lowest BCUT2D eigenvalue weighted by molar-refractivity contribution is -0.127. The van der Waals surface area contributed by atoms with Crippen molar-refractivity contribution in [3.05, 3.63) is 11.6 Å². The van der Waals surface area contributed by atoms with Crippen LogP contribution in [0.3, 0.4) is 0 Å². The van der Waals surface area contributed by atoms with Gasteiger partial charge in [0.25, 0.3) is 0 Å². The Morgan fingerprint density at radius 2 is 2.03 bits per heavy atom. The maximum atomic E-state index is 12.1. The number of rotatable bonds is 6. The van der Waals surface area contributed by atoms with Crippen molar-refractivity contribution < 1.29 is 9.53 Å². The number of carbonyl (C=O) groups is 1. The minimum atomic E-state index is -0.00536. The van der Waals surface area contributed by atoms with Crippen LogP contribution in [0.2, 0.25) is 0 Å². The smallest absolute Gasteiger partial charge is 0.243 e. The summed E-state index contributed by atoms with van der Waals surface area (Å²) in [6, 6.07) is 0.586. The van der Waals surface area contributed by atoms with Gasteiger partial charge in [0.2, 0.25) is 5.91 Å². The van der Waals surface area contributed by atoms with E-state index in [1.165, 1.54) is 19.3 Å². The summed E-state index contributed by atoms with van der Waals surface area (Å²) in [6.45, 7) is 3.59. The summed E-state index contributed by atoms with van der Waals surface area (Å²) in [5, 5.41) is 11.7. The molecule has 9 nitrogen and oxygen atoms in total. The van der Waals surface area contributed by atoms with Crippen molar-refractivity contribution >= 4 is 35.8 Å². The fourth-order valence-electron chi connectivity index (χ4n) is 3.99. The normalized spacial score (nSPS) is 23.9. The molecule has 170 valence electrons. The number of nitrogens with zero attached hydrogens (tertiary/aromatic N) is 5. The molecule has 2 N–H and O–H groups in total. The first-order valence-electron chi connectivity index (χ1n) is 10.7. The minimum absolute atomic E-state index is 0. The van der Waals surface area contributed by atoms with E-state index in [0.717, 1.165) is 43.4 Å². The number of guanidine groups is 1. The summed E-state index contributed by atoms with van der Waals surface area (Å²) in [4.78, 5) is 22.8. The Kier molecular flexibility index (Phi) is 9.79. The molecular weight excluding hydrogens is 497 g/mol. The molecule has 10 heteroatoms. The van der Waals surface area contributed by atoms with Gasteiger partial charge in [-0.05, 0) is 25.2 Å². The molecule has 0 saturated heterocycles. The number of fused-ring (bicyclic) bond motifs is 1. The van der Waals surface area contributed by atoms with Crippen molar-refractivity contribution in [1.29, 1.82) is 0 Å². The molecule has 1 saturated carbocycles. The number of amides is 1. The van der Waals surface area contributed by atoms with Crippen molar-refractivity contribution in [3.8, 4) is 0 Å². The summed E-state index contributed by atoms with van der Waals surface area (Å²) in [6.07, 6.45) is 6.71. The highest BCUT2D eigenvalue weighted by molar-refractivity contribution is 14.0. The van der Waals surface area contributed by atoms with E-state index in [-0.39, 0.29) is 42.5 Å². The standard InChI is InChI=1S/C20H35N7O2.HI/c1-14-7-5-6-8-16(14)23-20(21-11-19(28)26(2)3)22-15-9-10-18-24-17(13-29-4)25-27(18)12-15;/h14-16H,5-13H2,1-4H3,(H2,21,22,23);1H. The topological polar surface area (TPSA) is 96.7 Å². The Morgan fingerprint density at radius 3 is 2.73 bits per heavy atom. The van der Waals surface area contributed by atoms with Gasteiger partial charge in [0, 0.05) is 39.7 Å². The maximum Gasteiger partial charge on any atom is 0.243 e. The van der Waals surface area contributed by atoms with Crippen LogP contribution < -0.4 is 10.6 Å². The summed E-state index contributed by atoms with van der Waals surface area (Å²) in [5.41, 5.74) is 0. The van der Waals surface area contributed by atoms with Crippen molar-refractivity contribution in [2.45, 2.75) is 70.7 Å². The van der Waals surface area contributed by atoms with Gasteiger partial charge in [-0.25, -0.2) is 14.7 Å². The van der Waals surface area contributed by atoms with Crippen molar-refractivity contribution in [2.24, 2.45) is 10.9 Å². The van der Waals surface area contributed by atoms with E-state index in [0.29, 0.717) is 18.6 Å². The zero-order chi connectivity index (χ0) is 20.8. The molecule has 2 aliphatic rings. The SMILES string of the molecule is COCc1nc2n(n1)CC(NC(=NCC(=O)N(C)C)NC1CCCCC1C)CC2.I. The number of aliphatic imine (C=N–C) groups is 1. The molecule has 1 aromatic heterocycles. The third kappa shape index (κ3) is 6.79. The second kappa shape index (κ2) is 11.8. The predicted molar refractivity (Wildman–Crippen MR) is 127 cm³/mol. The van der Waals surface area contributed by atoms with Crippen molar-refractivity contribution in [3.63, 3.8) is 0 Å². The highest BCUT2D eigenvalue weighted by Crippen LogP contribution is 2.23. The molecular formula is C20H36IN7O2. The highest BCUT2D eigenvalue weighted by atomic mass is 127. The van der Waals surface area contributed by atoms with Crippen LogP contribution >= 0.6 is 24.0 Å². The first-order valence-corrected chi connectivity index (χ1v) is 10.7. The van der Waals surface area contributed by atoms with Crippen LogP contribution in [0.15, 0.2) is 4.99 Å². The van der Waals surface area contributed by atoms with Gasteiger partial charge in [-0.15, -0.1) is 24.0 Å². The van der Waals surface area contributed by atoms with Gasteiger partial charge < -0.3 is 20.3 Å². The van der Waals surface area contributed by atoms with Crippen LogP contribution in [-0.4, -0.2) is 71.4 Å².